The van der Waals surface area contributed by atoms with Crippen LogP contribution in [-0.4, -0.2) is 30.8 Å². The lowest BCUT2D eigenvalue weighted by Gasteiger charge is -2.31. The number of hydrogen-bond acceptors (Lipinski definition) is 5. The van der Waals surface area contributed by atoms with E-state index in [-0.39, 0.29) is 11.3 Å². The van der Waals surface area contributed by atoms with Gasteiger partial charge in [-0.15, -0.1) is 0 Å². The topological polar surface area (TPSA) is 72.8 Å². The van der Waals surface area contributed by atoms with Crippen LogP contribution in [0.5, 0.6) is 11.5 Å². The van der Waals surface area contributed by atoms with E-state index in [9.17, 15) is 4.79 Å². The average molecular weight is 353 g/mol. The Morgan fingerprint density at radius 3 is 2.69 bits per heavy atom. The van der Waals surface area contributed by atoms with E-state index in [1.807, 2.05) is 6.07 Å². The van der Waals surface area contributed by atoms with Crippen molar-refractivity contribution in [2.24, 2.45) is 10.5 Å². The third-order valence-corrected chi connectivity index (χ3v) is 4.69. The van der Waals surface area contributed by atoms with Crippen molar-refractivity contribution in [2.75, 3.05) is 14.2 Å². The molecular weight excluding hydrogens is 330 g/mol. The molecule has 0 unspecified atom stereocenters. The van der Waals surface area contributed by atoms with Gasteiger partial charge >= 0.3 is 0 Å². The van der Waals surface area contributed by atoms with Crippen LogP contribution in [0.3, 0.4) is 0 Å². The van der Waals surface area contributed by atoms with Crippen molar-refractivity contribution in [1.29, 1.82) is 0 Å². The van der Waals surface area contributed by atoms with E-state index in [1.165, 1.54) is 7.11 Å². The van der Waals surface area contributed by atoms with Crippen LogP contribution in [0.1, 0.15) is 41.9 Å². The summed E-state index contributed by atoms with van der Waals surface area (Å²) in [6, 6.07) is 8.99. The van der Waals surface area contributed by atoms with Crippen LogP contribution in [0.4, 0.5) is 0 Å². The number of benzene rings is 1. The van der Waals surface area contributed by atoms with Crippen molar-refractivity contribution in [2.45, 2.75) is 26.7 Å². The lowest BCUT2D eigenvalue weighted by atomic mass is 9.74. The number of hydrazone groups is 1. The number of aryl methyl sites for hydroxylation is 1. The molecule has 6 nitrogen and oxygen atoms in total. The number of carbonyl (C=O) groups excluding carboxylic acids is 1. The van der Waals surface area contributed by atoms with Crippen LogP contribution in [-0.2, 0) is 6.42 Å². The van der Waals surface area contributed by atoms with Crippen LogP contribution in [0, 0.1) is 5.41 Å². The Morgan fingerprint density at radius 2 is 1.96 bits per heavy atom. The molecule has 1 aliphatic rings. The van der Waals surface area contributed by atoms with Crippen molar-refractivity contribution >= 4 is 11.6 Å². The highest BCUT2D eigenvalue weighted by molar-refractivity contribution is 6.06. The highest BCUT2D eigenvalue weighted by Crippen LogP contribution is 2.34. The summed E-state index contributed by atoms with van der Waals surface area (Å²) in [5, 5.41) is 4.43. The third kappa shape index (κ3) is 3.40. The Hall–Kier alpha value is -2.89. The van der Waals surface area contributed by atoms with Gasteiger partial charge in [-0.1, -0.05) is 19.9 Å². The summed E-state index contributed by atoms with van der Waals surface area (Å²) >= 11 is 0. The second-order valence-corrected chi connectivity index (χ2v) is 6.87. The minimum atomic E-state index is -0.308. The summed E-state index contributed by atoms with van der Waals surface area (Å²) in [5.41, 5.74) is 5.77. The molecule has 1 heterocycles. The minimum Gasteiger partial charge on any atom is -0.493 e. The lowest BCUT2D eigenvalue weighted by Crippen LogP contribution is -2.34. The molecule has 136 valence electrons. The van der Waals surface area contributed by atoms with Crippen molar-refractivity contribution in [3.8, 4) is 11.5 Å². The van der Waals surface area contributed by atoms with Crippen molar-refractivity contribution in [1.82, 2.24) is 10.4 Å². The Kier molecular flexibility index (Phi) is 4.93. The molecule has 1 aromatic heterocycles. The largest absolute Gasteiger partial charge is 0.493 e. The maximum atomic E-state index is 12.5. The number of rotatable bonds is 4. The van der Waals surface area contributed by atoms with Crippen LogP contribution in [0.15, 0.2) is 41.6 Å². The van der Waals surface area contributed by atoms with E-state index >= 15 is 0 Å². The molecule has 1 amide bonds. The molecular formula is C20H23N3O3. The van der Waals surface area contributed by atoms with Gasteiger partial charge in [0.25, 0.3) is 5.91 Å². The quantitative estimate of drug-likeness (QED) is 0.857. The second-order valence-electron chi connectivity index (χ2n) is 6.87. The first kappa shape index (κ1) is 17.9. The molecule has 2 aromatic rings. The zero-order chi connectivity index (χ0) is 18.7. The highest BCUT2D eigenvalue weighted by Gasteiger charge is 2.33. The molecule has 26 heavy (non-hydrogen) atoms. The van der Waals surface area contributed by atoms with Gasteiger partial charge in [-0.3, -0.25) is 9.78 Å². The molecule has 0 aliphatic heterocycles. The average Bonchev–Trinajstić information content (AvgIpc) is 2.66. The summed E-state index contributed by atoms with van der Waals surface area (Å²) in [7, 11) is 3.09. The number of nitrogens with zero attached hydrogens (tertiary/aromatic N) is 2. The summed E-state index contributed by atoms with van der Waals surface area (Å²) < 4.78 is 10.5. The molecule has 0 atom stereocenters. The van der Waals surface area contributed by atoms with E-state index in [4.69, 9.17) is 9.47 Å². The second kappa shape index (κ2) is 7.15. The van der Waals surface area contributed by atoms with Gasteiger partial charge in [-0.2, -0.15) is 5.10 Å². The number of methoxy groups -OCH3 is 2. The van der Waals surface area contributed by atoms with Crippen LogP contribution in [0.25, 0.3) is 0 Å². The summed E-state index contributed by atoms with van der Waals surface area (Å²) in [4.78, 5) is 17.0. The SMILES string of the molecule is COc1ccc(C(=O)N/N=C2/c3ncccc3CCC2(C)C)cc1OC. The number of ether oxygens (including phenoxy) is 2. The predicted molar refractivity (Wildman–Crippen MR) is 99.9 cm³/mol. The first-order valence-corrected chi connectivity index (χ1v) is 8.51. The van der Waals surface area contributed by atoms with Gasteiger partial charge in [-0.05, 0) is 42.7 Å². The molecule has 0 bridgehead atoms. The summed E-state index contributed by atoms with van der Waals surface area (Å²) in [6.07, 6.45) is 3.67. The monoisotopic (exact) mass is 353 g/mol. The Balaban J connectivity index is 1.88. The fourth-order valence-corrected chi connectivity index (χ4v) is 3.09. The molecule has 0 saturated heterocycles. The number of aromatic nitrogens is 1. The van der Waals surface area contributed by atoms with Crippen LogP contribution >= 0.6 is 0 Å². The standard InChI is InChI=1S/C20H23N3O3/c1-20(2)10-9-13-6-5-11-21-17(13)18(20)22-23-19(24)14-7-8-15(25-3)16(12-14)26-4/h5-8,11-12H,9-10H2,1-4H3,(H,23,24)/b22-18-. The van der Waals surface area contributed by atoms with Gasteiger partial charge in [0.15, 0.2) is 11.5 Å². The molecule has 1 N–H and O–H groups in total. The zero-order valence-electron chi connectivity index (χ0n) is 15.5. The highest BCUT2D eigenvalue weighted by atomic mass is 16.5. The van der Waals surface area contributed by atoms with E-state index in [2.05, 4.69) is 35.4 Å². The molecule has 3 rings (SSSR count). The fourth-order valence-electron chi connectivity index (χ4n) is 3.09. The van der Waals surface area contributed by atoms with Crippen molar-refractivity contribution in [3.63, 3.8) is 0 Å². The number of carbonyl (C=O) groups is 1. The molecule has 1 aromatic carbocycles. The maximum absolute atomic E-state index is 12.5. The molecule has 1 aliphatic carbocycles. The predicted octanol–water partition coefficient (Wildman–Crippen LogP) is 3.21. The normalized spacial score (nSPS) is 16.7. The third-order valence-electron chi connectivity index (χ3n) is 4.69. The molecule has 0 fully saturated rings. The van der Waals surface area contributed by atoms with Crippen LogP contribution < -0.4 is 14.9 Å². The van der Waals surface area contributed by atoms with Gasteiger partial charge < -0.3 is 9.47 Å². The number of hydrogen-bond donors (Lipinski definition) is 1. The first-order chi connectivity index (χ1) is 12.5. The molecule has 0 spiro atoms. The molecule has 0 saturated carbocycles. The van der Waals surface area contributed by atoms with Crippen molar-refractivity contribution < 1.29 is 14.3 Å². The van der Waals surface area contributed by atoms with Gasteiger partial charge in [0.05, 0.1) is 25.6 Å². The number of nitrogens with one attached hydrogen (secondary N) is 1. The van der Waals surface area contributed by atoms with Gasteiger partial charge in [0.2, 0.25) is 0 Å². The Labute approximate surface area is 153 Å². The van der Waals surface area contributed by atoms with Gasteiger partial charge in [-0.25, -0.2) is 5.43 Å². The van der Waals surface area contributed by atoms with E-state index in [0.717, 1.165) is 29.8 Å². The van der Waals surface area contributed by atoms with E-state index < -0.39 is 0 Å². The fraction of sp³-hybridized carbons (Fsp3) is 0.350. The minimum absolute atomic E-state index is 0.160. The smallest absolute Gasteiger partial charge is 0.271 e. The summed E-state index contributed by atoms with van der Waals surface area (Å²) in [6.45, 7) is 4.23. The van der Waals surface area contributed by atoms with Crippen molar-refractivity contribution in [3.05, 3.63) is 53.3 Å². The van der Waals surface area contributed by atoms with E-state index in [1.54, 1.807) is 31.5 Å². The van der Waals surface area contributed by atoms with Gasteiger partial charge in [0.1, 0.15) is 0 Å². The summed E-state index contributed by atoms with van der Waals surface area (Å²) in [5.74, 6) is 0.761. The van der Waals surface area contributed by atoms with Crippen LogP contribution in [0.2, 0.25) is 0 Å². The number of pyridine rings is 1. The molecule has 0 radical (unpaired) electrons. The van der Waals surface area contributed by atoms with Gasteiger partial charge in [0, 0.05) is 17.2 Å². The number of amides is 1. The Bertz CT molecular complexity index is 859. The lowest BCUT2D eigenvalue weighted by molar-refractivity contribution is 0.0954. The first-order valence-electron chi connectivity index (χ1n) is 8.51. The number of fused-ring (bicyclic) bond motifs is 1. The Morgan fingerprint density at radius 1 is 1.19 bits per heavy atom. The maximum Gasteiger partial charge on any atom is 0.271 e. The zero-order valence-corrected chi connectivity index (χ0v) is 15.5. The van der Waals surface area contributed by atoms with E-state index in [0.29, 0.717) is 17.1 Å². The molecule has 6 heteroatoms.